The van der Waals surface area contributed by atoms with Crippen LogP contribution >= 0.6 is 0 Å². The van der Waals surface area contributed by atoms with Crippen LogP contribution in [0.1, 0.15) is 50.5 Å². The smallest absolute Gasteiger partial charge is 0.326 e. The van der Waals surface area contributed by atoms with Gasteiger partial charge in [0.15, 0.2) is 0 Å². The first kappa shape index (κ1) is 22.6. The molecule has 0 aliphatic heterocycles. The zero-order chi connectivity index (χ0) is 20.6. The fourth-order valence-electron chi connectivity index (χ4n) is 2.77. The van der Waals surface area contributed by atoms with Crippen molar-refractivity contribution in [3.63, 3.8) is 0 Å². The summed E-state index contributed by atoms with van der Waals surface area (Å²) in [5.41, 5.74) is 1.53. The Morgan fingerprint density at radius 1 is 1.11 bits per heavy atom. The molecule has 27 heavy (non-hydrogen) atoms. The molecule has 1 aromatic rings. The highest BCUT2D eigenvalue weighted by Crippen LogP contribution is 2.13. The van der Waals surface area contributed by atoms with Gasteiger partial charge in [0, 0.05) is 38.2 Å². The Morgan fingerprint density at radius 2 is 1.70 bits per heavy atom. The Kier molecular flexibility index (Phi) is 8.94. The number of carboxylic acids is 1. The summed E-state index contributed by atoms with van der Waals surface area (Å²) < 4.78 is 0. The number of benzene rings is 1. The average molecular weight is 377 g/mol. The molecule has 0 aliphatic rings. The molecular formula is C20H31N3O4. The minimum Gasteiger partial charge on any atom is -0.480 e. The lowest BCUT2D eigenvalue weighted by Gasteiger charge is -2.27. The van der Waals surface area contributed by atoms with E-state index in [9.17, 15) is 19.5 Å². The van der Waals surface area contributed by atoms with E-state index in [0.717, 1.165) is 18.7 Å². The lowest BCUT2D eigenvalue weighted by molar-refractivity contribution is -0.141. The van der Waals surface area contributed by atoms with E-state index in [0.29, 0.717) is 11.6 Å². The highest BCUT2D eigenvalue weighted by Gasteiger charge is 2.26. The van der Waals surface area contributed by atoms with Crippen LogP contribution in [-0.2, 0) is 16.1 Å². The number of hydrogen-bond acceptors (Lipinski definition) is 4. The van der Waals surface area contributed by atoms with Crippen molar-refractivity contribution in [1.29, 1.82) is 0 Å². The first-order valence-electron chi connectivity index (χ1n) is 9.28. The number of nitrogens with one attached hydrogen (secondary N) is 1. The standard InChI is InChI=1S/C20H31N3O4/c1-6-22(14(2)3)13-17-7-9-18(10-8-17)19(25)23(15(4)20(26)27)12-11-21-16(5)24/h7-10,14-15H,6,11-13H2,1-5H3,(H,21,24)(H,26,27). The Labute approximate surface area is 161 Å². The molecule has 1 rings (SSSR count). The molecule has 0 bridgehead atoms. The van der Waals surface area contributed by atoms with E-state index in [1.165, 1.54) is 18.7 Å². The van der Waals surface area contributed by atoms with Gasteiger partial charge in [-0.2, -0.15) is 0 Å². The third kappa shape index (κ3) is 7.02. The molecule has 150 valence electrons. The van der Waals surface area contributed by atoms with Gasteiger partial charge in [0.25, 0.3) is 5.91 Å². The van der Waals surface area contributed by atoms with Crippen molar-refractivity contribution in [2.75, 3.05) is 19.6 Å². The molecule has 0 radical (unpaired) electrons. The Bertz CT molecular complexity index is 643. The maximum absolute atomic E-state index is 12.8. The SMILES string of the molecule is CCN(Cc1ccc(C(=O)N(CCNC(C)=O)C(C)C(=O)O)cc1)C(C)C. The maximum atomic E-state index is 12.8. The maximum Gasteiger partial charge on any atom is 0.326 e. The Balaban J connectivity index is 2.90. The molecule has 0 saturated carbocycles. The molecule has 2 amide bonds. The zero-order valence-corrected chi connectivity index (χ0v) is 16.9. The third-order valence-electron chi connectivity index (χ3n) is 4.54. The largest absolute Gasteiger partial charge is 0.480 e. The van der Waals surface area contributed by atoms with Crippen LogP contribution in [0, 0.1) is 0 Å². The van der Waals surface area contributed by atoms with Crippen LogP contribution in [0.5, 0.6) is 0 Å². The van der Waals surface area contributed by atoms with Gasteiger partial charge in [0.2, 0.25) is 5.91 Å². The number of carbonyl (C=O) groups is 3. The van der Waals surface area contributed by atoms with Gasteiger partial charge >= 0.3 is 5.97 Å². The fraction of sp³-hybridized carbons (Fsp3) is 0.550. The monoisotopic (exact) mass is 377 g/mol. The topological polar surface area (TPSA) is 90.0 Å². The molecule has 1 aromatic carbocycles. The molecule has 0 saturated heterocycles. The summed E-state index contributed by atoms with van der Waals surface area (Å²) in [4.78, 5) is 38.8. The van der Waals surface area contributed by atoms with Gasteiger partial charge in [0.1, 0.15) is 6.04 Å². The van der Waals surface area contributed by atoms with Crippen LogP contribution in [0.15, 0.2) is 24.3 Å². The third-order valence-corrected chi connectivity index (χ3v) is 4.54. The summed E-state index contributed by atoms with van der Waals surface area (Å²) in [6.45, 7) is 11.3. The normalized spacial score (nSPS) is 12.1. The Hall–Kier alpha value is -2.41. The first-order valence-corrected chi connectivity index (χ1v) is 9.28. The minimum absolute atomic E-state index is 0.130. The van der Waals surface area contributed by atoms with E-state index in [1.54, 1.807) is 12.1 Å². The predicted molar refractivity (Wildman–Crippen MR) is 104 cm³/mol. The molecular weight excluding hydrogens is 346 g/mol. The molecule has 2 N–H and O–H groups in total. The molecule has 1 unspecified atom stereocenters. The number of nitrogens with zero attached hydrogens (tertiary/aromatic N) is 2. The molecule has 0 heterocycles. The van der Waals surface area contributed by atoms with Crippen molar-refractivity contribution in [2.24, 2.45) is 0 Å². The van der Waals surface area contributed by atoms with Crippen molar-refractivity contribution in [3.05, 3.63) is 35.4 Å². The molecule has 0 spiro atoms. The molecule has 0 aromatic heterocycles. The summed E-state index contributed by atoms with van der Waals surface area (Å²) in [6.07, 6.45) is 0. The molecule has 0 fully saturated rings. The van der Waals surface area contributed by atoms with Crippen molar-refractivity contribution < 1.29 is 19.5 Å². The summed E-state index contributed by atoms with van der Waals surface area (Å²) in [6, 6.07) is 6.70. The van der Waals surface area contributed by atoms with Crippen LogP contribution in [0.25, 0.3) is 0 Å². The fourth-order valence-corrected chi connectivity index (χ4v) is 2.77. The minimum atomic E-state index is -1.08. The van der Waals surface area contributed by atoms with Crippen molar-refractivity contribution >= 4 is 17.8 Å². The molecule has 7 heteroatoms. The van der Waals surface area contributed by atoms with Gasteiger partial charge in [-0.25, -0.2) is 4.79 Å². The van der Waals surface area contributed by atoms with Crippen LogP contribution in [0.4, 0.5) is 0 Å². The molecule has 0 aliphatic carbocycles. The van der Waals surface area contributed by atoms with Crippen LogP contribution < -0.4 is 5.32 Å². The number of hydrogen-bond donors (Lipinski definition) is 2. The summed E-state index contributed by atoms with van der Waals surface area (Å²) >= 11 is 0. The first-order chi connectivity index (χ1) is 12.7. The second-order valence-corrected chi connectivity index (χ2v) is 6.85. The van der Waals surface area contributed by atoms with Crippen LogP contribution in [0.2, 0.25) is 0 Å². The Morgan fingerprint density at radius 3 is 2.15 bits per heavy atom. The number of aliphatic carboxylic acids is 1. The van der Waals surface area contributed by atoms with Gasteiger partial charge < -0.3 is 15.3 Å². The van der Waals surface area contributed by atoms with Gasteiger partial charge in [-0.3, -0.25) is 14.5 Å². The molecule has 7 nitrogen and oxygen atoms in total. The second-order valence-electron chi connectivity index (χ2n) is 6.85. The van der Waals surface area contributed by atoms with Crippen molar-refractivity contribution in [1.82, 2.24) is 15.1 Å². The van der Waals surface area contributed by atoms with Crippen LogP contribution in [0.3, 0.4) is 0 Å². The second kappa shape index (κ2) is 10.7. The highest BCUT2D eigenvalue weighted by molar-refractivity contribution is 5.96. The number of carboxylic acid groups (broad SMARTS) is 1. The van der Waals surface area contributed by atoms with E-state index in [1.807, 2.05) is 12.1 Å². The van der Waals surface area contributed by atoms with E-state index in [4.69, 9.17) is 0 Å². The lowest BCUT2D eigenvalue weighted by Crippen LogP contribution is -2.46. The van der Waals surface area contributed by atoms with E-state index in [-0.39, 0.29) is 24.9 Å². The van der Waals surface area contributed by atoms with Crippen molar-refractivity contribution in [3.8, 4) is 0 Å². The highest BCUT2D eigenvalue weighted by atomic mass is 16.4. The predicted octanol–water partition coefficient (Wildman–Crippen LogP) is 1.97. The number of rotatable bonds is 10. The summed E-state index contributed by atoms with van der Waals surface area (Å²) in [5.74, 6) is -1.67. The number of carbonyl (C=O) groups excluding carboxylic acids is 2. The van der Waals surface area contributed by atoms with E-state index >= 15 is 0 Å². The number of amides is 2. The summed E-state index contributed by atoms with van der Waals surface area (Å²) in [5, 5.41) is 11.9. The van der Waals surface area contributed by atoms with E-state index < -0.39 is 12.0 Å². The zero-order valence-electron chi connectivity index (χ0n) is 16.9. The summed E-state index contributed by atoms with van der Waals surface area (Å²) in [7, 11) is 0. The molecule has 1 atom stereocenters. The lowest BCUT2D eigenvalue weighted by atomic mass is 10.1. The van der Waals surface area contributed by atoms with Gasteiger partial charge in [0.05, 0.1) is 0 Å². The average Bonchev–Trinajstić information content (AvgIpc) is 2.62. The van der Waals surface area contributed by atoms with Gasteiger partial charge in [-0.1, -0.05) is 19.1 Å². The van der Waals surface area contributed by atoms with Gasteiger partial charge in [-0.15, -0.1) is 0 Å². The van der Waals surface area contributed by atoms with Crippen LogP contribution in [-0.4, -0.2) is 64.4 Å². The van der Waals surface area contributed by atoms with E-state index in [2.05, 4.69) is 31.0 Å². The quantitative estimate of drug-likeness (QED) is 0.651. The van der Waals surface area contributed by atoms with Crippen molar-refractivity contribution in [2.45, 2.75) is 53.2 Å². The van der Waals surface area contributed by atoms with Gasteiger partial charge in [-0.05, 0) is 45.0 Å².